The summed E-state index contributed by atoms with van der Waals surface area (Å²) in [6, 6.07) is 3.77. The van der Waals surface area contributed by atoms with Crippen LogP contribution in [0.3, 0.4) is 0 Å². The number of rotatable bonds is 3. The predicted octanol–water partition coefficient (Wildman–Crippen LogP) is 4.52. The molecule has 0 bridgehead atoms. The van der Waals surface area contributed by atoms with Crippen LogP contribution in [0, 0.1) is 12.7 Å². The van der Waals surface area contributed by atoms with Gasteiger partial charge in [0.15, 0.2) is 0 Å². The molecule has 0 saturated heterocycles. The van der Waals surface area contributed by atoms with Crippen LogP contribution in [0.1, 0.15) is 27.6 Å². The topological polar surface area (TPSA) is 12.0 Å². The van der Waals surface area contributed by atoms with Crippen molar-refractivity contribution >= 4 is 11.3 Å². The highest BCUT2D eigenvalue weighted by Gasteiger charge is 2.32. The van der Waals surface area contributed by atoms with Gasteiger partial charge in [-0.15, -0.1) is 11.3 Å². The first-order valence-electron chi connectivity index (χ1n) is 5.92. The lowest BCUT2D eigenvalue weighted by Gasteiger charge is -2.19. The van der Waals surface area contributed by atoms with Gasteiger partial charge in [-0.1, -0.05) is 0 Å². The van der Waals surface area contributed by atoms with Crippen molar-refractivity contribution in [3.8, 4) is 0 Å². The smallest absolute Gasteiger partial charge is 0.309 e. The van der Waals surface area contributed by atoms with Crippen molar-refractivity contribution in [1.29, 1.82) is 0 Å². The Kier molecular flexibility index (Phi) is 4.15. The summed E-state index contributed by atoms with van der Waals surface area (Å²) in [6.45, 7) is 1.85. The minimum atomic E-state index is -4.48. The number of hydrogen-bond donors (Lipinski definition) is 1. The van der Waals surface area contributed by atoms with E-state index in [1.54, 1.807) is 7.05 Å². The van der Waals surface area contributed by atoms with Crippen LogP contribution in [0.4, 0.5) is 17.6 Å². The SMILES string of the molecule is CNC(c1cc(C(F)(F)F)ccc1F)c1sccc1C. The number of aryl methyl sites for hydroxylation is 1. The molecule has 0 amide bonds. The lowest BCUT2D eigenvalue weighted by atomic mass is 10.00. The summed E-state index contributed by atoms with van der Waals surface area (Å²) >= 11 is 1.39. The summed E-state index contributed by atoms with van der Waals surface area (Å²) in [5, 5.41) is 4.72. The van der Waals surface area contributed by atoms with Crippen LogP contribution in [-0.4, -0.2) is 7.05 Å². The highest BCUT2D eigenvalue weighted by atomic mass is 32.1. The molecule has 20 heavy (non-hydrogen) atoms. The highest BCUT2D eigenvalue weighted by molar-refractivity contribution is 7.10. The van der Waals surface area contributed by atoms with E-state index in [0.717, 1.165) is 28.6 Å². The second kappa shape index (κ2) is 5.54. The third-order valence-corrected chi connectivity index (χ3v) is 4.17. The minimum absolute atomic E-state index is 0.00729. The molecule has 1 nitrogen and oxygen atoms in total. The standard InChI is InChI=1S/C14H13F4NS/c1-8-5-6-20-13(8)12(19-2)10-7-9(14(16,17)18)3-4-11(10)15/h3-7,12,19H,1-2H3. The fourth-order valence-corrected chi connectivity index (χ4v) is 3.10. The van der Waals surface area contributed by atoms with Gasteiger partial charge in [-0.3, -0.25) is 0 Å². The summed E-state index contributed by atoms with van der Waals surface area (Å²) < 4.78 is 52.2. The zero-order valence-corrected chi connectivity index (χ0v) is 11.7. The largest absolute Gasteiger partial charge is 0.416 e. The molecular formula is C14H13F4NS. The van der Waals surface area contributed by atoms with Crippen molar-refractivity contribution in [2.45, 2.75) is 19.1 Å². The molecule has 1 unspecified atom stereocenters. The zero-order chi connectivity index (χ0) is 14.9. The third kappa shape index (κ3) is 2.86. The average molecular weight is 303 g/mol. The van der Waals surface area contributed by atoms with E-state index in [1.807, 2.05) is 18.4 Å². The highest BCUT2D eigenvalue weighted by Crippen LogP contribution is 2.35. The quantitative estimate of drug-likeness (QED) is 0.822. The van der Waals surface area contributed by atoms with Crippen LogP contribution in [0.25, 0.3) is 0 Å². The Morgan fingerprint density at radius 3 is 2.40 bits per heavy atom. The molecule has 0 fully saturated rings. The Balaban J connectivity index is 2.52. The van der Waals surface area contributed by atoms with Gasteiger partial charge in [0.05, 0.1) is 11.6 Å². The number of alkyl halides is 3. The van der Waals surface area contributed by atoms with Gasteiger partial charge in [-0.2, -0.15) is 13.2 Å². The lowest BCUT2D eigenvalue weighted by molar-refractivity contribution is -0.137. The molecule has 0 spiro atoms. The van der Waals surface area contributed by atoms with Crippen LogP contribution < -0.4 is 5.32 Å². The van der Waals surface area contributed by atoms with Gasteiger partial charge in [-0.25, -0.2) is 4.39 Å². The van der Waals surface area contributed by atoms with E-state index in [4.69, 9.17) is 0 Å². The van der Waals surface area contributed by atoms with Gasteiger partial charge in [0.1, 0.15) is 5.82 Å². The Hall–Kier alpha value is -1.40. The van der Waals surface area contributed by atoms with E-state index in [9.17, 15) is 17.6 Å². The molecule has 1 atom stereocenters. The zero-order valence-electron chi connectivity index (χ0n) is 10.9. The van der Waals surface area contributed by atoms with Crippen molar-refractivity contribution < 1.29 is 17.6 Å². The van der Waals surface area contributed by atoms with Crippen molar-refractivity contribution in [2.24, 2.45) is 0 Å². The summed E-state index contributed by atoms with van der Waals surface area (Å²) in [7, 11) is 1.60. The average Bonchev–Trinajstić information content (AvgIpc) is 2.78. The van der Waals surface area contributed by atoms with Gasteiger partial charge in [0, 0.05) is 10.4 Å². The summed E-state index contributed by atoms with van der Waals surface area (Å²) in [5.74, 6) is -0.648. The molecule has 1 aromatic heterocycles. The van der Waals surface area contributed by atoms with E-state index in [-0.39, 0.29) is 5.56 Å². The van der Waals surface area contributed by atoms with Gasteiger partial charge in [0.25, 0.3) is 0 Å². The minimum Gasteiger partial charge on any atom is -0.309 e. The maximum Gasteiger partial charge on any atom is 0.416 e. The molecule has 0 aliphatic carbocycles. The van der Waals surface area contributed by atoms with Crippen LogP contribution in [-0.2, 0) is 6.18 Å². The number of nitrogens with one attached hydrogen (secondary N) is 1. The van der Waals surface area contributed by atoms with E-state index in [0.29, 0.717) is 0 Å². The van der Waals surface area contributed by atoms with Crippen LogP contribution in [0.2, 0.25) is 0 Å². The Morgan fingerprint density at radius 2 is 1.90 bits per heavy atom. The van der Waals surface area contributed by atoms with Crippen molar-refractivity contribution in [3.63, 3.8) is 0 Å². The van der Waals surface area contributed by atoms with Crippen LogP contribution in [0.5, 0.6) is 0 Å². The molecule has 1 aromatic carbocycles. The predicted molar refractivity (Wildman–Crippen MR) is 71.4 cm³/mol. The number of thiophene rings is 1. The molecular weight excluding hydrogens is 290 g/mol. The summed E-state index contributed by atoms with van der Waals surface area (Å²) in [5.41, 5.74) is 0.0856. The first kappa shape index (κ1) is 15.0. The maximum atomic E-state index is 13.9. The third-order valence-electron chi connectivity index (χ3n) is 3.09. The molecule has 0 aliphatic heterocycles. The van der Waals surface area contributed by atoms with Gasteiger partial charge in [0.2, 0.25) is 0 Å². The second-order valence-electron chi connectivity index (χ2n) is 4.42. The summed E-state index contributed by atoms with van der Waals surface area (Å²) in [6.07, 6.45) is -4.48. The molecule has 6 heteroatoms. The second-order valence-corrected chi connectivity index (χ2v) is 5.37. The molecule has 1 heterocycles. The lowest BCUT2D eigenvalue weighted by Crippen LogP contribution is -2.19. The van der Waals surface area contributed by atoms with Crippen LogP contribution >= 0.6 is 11.3 Å². The van der Waals surface area contributed by atoms with Gasteiger partial charge >= 0.3 is 6.18 Å². The first-order valence-corrected chi connectivity index (χ1v) is 6.80. The van der Waals surface area contributed by atoms with Crippen molar-refractivity contribution in [2.75, 3.05) is 7.05 Å². The fraction of sp³-hybridized carbons (Fsp3) is 0.286. The summed E-state index contributed by atoms with van der Waals surface area (Å²) in [4.78, 5) is 0.811. The van der Waals surface area contributed by atoms with E-state index < -0.39 is 23.6 Å². The number of hydrogen-bond acceptors (Lipinski definition) is 2. The maximum absolute atomic E-state index is 13.9. The van der Waals surface area contributed by atoms with E-state index in [2.05, 4.69) is 5.32 Å². The fourth-order valence-electron chi connectivity index (χ4n) is 2.05. The van der Waals surface area contributed by atoms with Crippen molar-refractivity contribution in [1.82, 2.24) is 5.32 Å². The molecule has 0 radical (unpaired) electrons. The molecule has 2 aromatic rings. The molecule has 1 N–H and O–H groups in total. The Morgan fingerprint density at radius 1 is 1.20 bits per heavy atom. The molecule has 0 aliphatic rings. The molecule has 0 saturated carbocycles. The van der Waals surface area contributed by atoms with E-state index in [1.165, 1.54) is 11.3 Å². The molecule has 2 rings (SSSR count). The van der Waals surface area contributed by atoms with Gasteiger partial charge in [-0.05, 0) is 49.2 Å². The Bertz CT molecular complexity index is 603. The van der Waals surface area contributed by atoms with Crippen molar-refractivity contribution in [3.05, 3.63) is 57.0 Å². The number of halogens is 4. The monoisotopic (exact) mass is 303 g/mol. The van der Waals surface area contributed by atoms with Gasteiger partial charge < -0.3 is 5.32 Å². The first-order chi connectivity index (χ1) is 9.34. The Labute approximate surface area is 118 Å². The number of benzene rings is 1. The van der Waals surface area contributed by atoms with E-state index >= 15 is 0 Å². The van der Waals surface area contributed by atoms with Crippen LogP contribution in [0.15, 0.2) is 29.6 Å². The normalized spacial score (nSPS) is 13.5. The molecule has 108 valence electrons.